The molecule has 0 aromatic heterocycles. The second-order valence-electron chi connectivity index (χ2n) is 5.31. The van der Waals surface area contributed by atoms with Crippen LogP contribution in [0, 0.1) is 3.57 Å². The largest absolute Gasteiger partial charge is 0.378 e. The average molecular weight is 400 g/mol. The number of nitrogens with one attached hydrogen (secondary N) is 1. The van der Waals surface area contributed by atoms with Gasteiger partial charge in [0.1, 0.15) is 0 Å². The molecule has 2 aromatic carbocycles. The van der Waals surface area contributed by atoms with Crippen LogP contribution in [0.3, 0.4) is 0 Å². The Morgan fingerprint density at radius 1 is 0.950 bits per heavy atom. The zero-order chi connectivity index (χ0) is 14.7. The first-order chi connectivity index (χ1) is 9.47. The van der Waals surface area contributed by atoms with Gasteiger partial charge in [-0.05, 0) is 64.8 Å². The molecule has 0 amide bonds. The molecule has 0 saturated carbocycles. The Hall–Kier alpha value is -0.740. The summed E-state index contributed by atoms with van der Waals surface area (Å²) >= 11 is 8.29. The van der Waals surface area contributed by atoms with Crippen LogP contribution in [0.5, 0.6) is 0 Å². The second kappa shape index (κ2) is 6.81. The molecule has 1 nitrogen and oxygen atoms in total. The van der Waals surface area contributed by atoms with Crippen LogP contribution in [0.15, 0.2) is 42.5 Å². The summed E-state index contributed by atoms with van der Waals surface area (Å²) in [5.74, 6) is 0.574. The number of benzene rings is 2. The zero-order valence-corrected chi connectivity index (χ0v) is 14.9. The second-order valence-corrected chi connectivity index (χ2v) is 6.91. The molecule has 0 aliphatic carbocycles. The minimum absolute atomic E-state index is 0.269. The Balaban J connectivity index is 2.13. The molecule has 106 valence electrons. The van der Waals surface area contributed by atoms with E-state index < -0.39 is 0 Å². The quantitative estimate of drug-likeness (QED) is 0.600. The summed E-state index contributed by atoms with van der Waals surface area (Å²) in [6.45, 7) is 6.61. The van der Waals surface area contributed by atoms with Crippen molar-refractivity contribution in [2.75, 3.05) is 5.32 Å². The molecule has 0 saturated heterocycles. The van der Waals surface area contributed by atoms with E-state index in [1.54, 1.807) is 0 Å². The van der Waals surface area contributed by atoms with Crippen molar-refractivity contribution in [1.82, 2.24) is 0 Å². The van der Waals surface area contributed by atoms with E-state index >= 15 is 0 Å². The third-order valence-electron chi connectivity index (χ3n) is 3.41. The summed E-state index contributed by atoms with van der Waals surface area (Å²) < 4.78 is 1.14. The van der Waals surface area contributed by atoms with Crippen molar-refractivity contribution in [3.05, 3.63) is 62.2 Å². The Kier molecular flexibility index (Phi) is 5.33. The van der Waals surface area contributed by atoms with E-state index in [1.807, 2.05) is 18.2 Å². The molecular formula is C17H19ClIN. The van der Waals surface area contributed by atoms with Gasteiger partial charge in [-0.25, -0.2) is 0 Å². The summed E-state index contributed by atoms with van der Waals surface area (Å²) in [7, 11) is 0. The van der Waals surface area contributed by atoms with Crippen LogP contribution in [0.4, 0.5) is 5.69 Å². The highest BCUT2D eigenvalue weighted by atomic mass is 127. The molecule has 0 aliphatic heterocycles. The van der Waals surface area contributed by atoms with Crippen LogP contribution in [0.1, 0.15) is 43.9 Å². The van der Waals surface area contributed by atoms with Crippen LogP contribution in [0.25, 0.3) is 0 Å². The monoisotopic (exact) mass is 399 g/mol. The lowest BCUT2D eigenvalue weighted by Crippen LogP contribution is -2.07. The first-order valence-electron chi connectivity index (χ1n) is 6.79. The zero-order valence-electron chi connectivity index (χ0n) is 12.0. The van der Waals surface area contributed by atoms with Crippen LogP contribution in [0.2, 0.25) is 5.02 Å². The first kappa shape index (κ1) is 15.6. The lowest BCUT2D eigenvalue weighted by atomic mass is 9.99. The molecule has 0 fully saturated rings. The van der Waals surface area contributed by atoms with Gasteiger partial charge in [0.2, 0.25) is 0 Å². The first-order valence-corrected chi connectivity index (χ1v) is 8.24. The molecule has 2 aromatic rings. The van der Waals surface area contributed by atoms with E-state index in [9.17, 15) is 0 Å². The summed E-state index contributed by atoms with van der Waals surface area (Å²) in [5, 5.41) is 4.31. The van der Waals surface area contributed by atoms with E-state index in [4.69, 9.17) is 11.6 Å². The number of halogens is 2. The summed E-state index contributed by atoms with van der Waals surface area (Å²) in [6, 6.07) is 15.0. The highest BCUT2D eigenvalue weighted by Crippen LogP contribution is 2.27. The van der Waals surface area contributed by atoms with Gasteiger partial charge in [0.05, 0.1) is 0 Å². The normalized spacial score (nSPS) is 12.5. The Morgan fingerprint density at radius 2 is 1.55 bits per heavy atom. The van der Waals surface area contributed by atoms with Gasteiger partial charge in [0.15, 0.2) is 0 Å². The number of hydrogen-bond donors (Lipinski definition) is 1. The number of hydrogen-bond acceptors (Lipinski definition) is 1. The van der Waals surface area contributed by atoms with Gasteiger partial charge >= 0.3 is 0 Å². The van der Waals surface area contributed by atoms with Crippen molar-refractivity contribution in [2.24, 2.45) is 0 Å². The minimum Gasteiger partial charge on any atom is -0.378 e. The number of rotatable bonds is 4. The van der Waals surface area contributed by atoms with Crippen molar-refractivity contribution >= 4 is 39.9 Å². The predicted octanol–water partition coefficient (Wildman–Crippen LogP) is 6.24. The molecule has 1 unspecified atom stereocenters. The molecule has 0 aliphatic rings. The summed E-state index contributed by atoms with van der Waals surface area (Å²) in [6.07, 6.45) is 0. The van der Waals surface area contributed by atoms with Gasteiger partial charge in [-0.2, -0.15) is 0 Å². The van der Waals surface area contributed by atoms with Crippen LogP contribution >= 0.6 is 34.2 Å². The molecule has 1 atom stereocenters. The summed E-state index contributed by atoms with van der Waals surface area (Å²) in [4.78, 5) is 0. The fourth-order valence-electron chi connectivity index (χ4n) is 2.09. The van der Waals surface area contributed by atoms with Gasteiger partial charge in [-0.3, -0.25) is 0 Å². The molecule has 1 N–H and O–H groups in total. The predicted molar refractivity (Wildman–Crippen MR) is 96.7 cm³/mol. The lowest BCUT2D eigenvalue weighted by Gasteiger charge is -2.18. The van der Waals surface area contributed by atoms with Crippen molar-refractivity contribution in [2.45, 2.75) is 32.7 Å². The average Bonchev–Trinajstić information content (AvgIpc) is 2.42. The van der Waals surface area contributed by atoms with Crippen molar-refractivity contribution in [3.63, 3.8) is 0 Å². The minimum atomic E-state index is 0.269. The standard InChI is InChI=1S/C17H19ClIN/c1-11(2)13-4-6-14(7-5-13)12(3)20-17-9-8-15(18)10-16(17)19/h4-12,20H,1-3H3. The molecule has 3 heteroatoms. The maximum atomic E-state index is 5.98. The molecule has 0 radical (unpaired) electrons. The van der Waals surface area contributed by atoms with E-state index in [0.29, 0.717) is 5.92 Å². The van der Waals surface area contributed by atoms with Gasteiger partial charge in [0.25, 0.3) is 0 Å². The molecule has 0 bridgehead atoms. The molecule has 0 spiro atoms. The van der Waals surface area contributed by atoms with E-state index in [2.05, 4.69) is 72.9 Å². The highest BCUT2D eigenvalue weighted by Gasteiger charge is 2.08. The van der Waals surface area contributed by atoms with Gasteiger partial charge in [-0.15, -0.1) is 0 Å². The van der Waals surface area contributed by atoms with Crippen LogP contribution in [-0.4, -0.2) is 0 Å². The van der Waals surface area contributed by atoms with Gasteiger partial charge in [0, 0.05) is 20.3 Å². The van der Waals surface area contributed by atoms with E-state index in [0.717, 1.165) is 14.3 Å². The lowest BCUT2D eigenvalue weighted by molar-refractivity contribution is 0.851. The Bertz CT molecular complexity index is 578. The fraction of sp³-hybridized carbons (Fsp3) is 0.294. The smallest absolute Gasteiger partial charge is 0.0486 e. The van der Waals surface area contributed by atoms with Crippen LogP contribution in [-0.2, 0) is 0 Å². The SMILES string of the molecule is CC(C)c1ccc(C(C)Nc2ccc(Cl)cc2I)cc1. The maximum absolute atomic E-state index is 5.98. The third kappa shape index (κ3) is 3.89. The summed E-state index contributed by atoms with van der Waals surface area (Å²) in [5.41, 5.74) is 3.79. The van der Waals surface area contributed by atoms with Gasteiger partial charge < -0.3 is 5.32 Å². The highest BCUT2D eigenvalue weighted by molar-refractivity contribution is 14.1. The Morgan fingerprint density at radius 3 is 2.10 bits per heavy atom. The topological polar surface area (TPSA) is 12.0 Å². The Labute approximate surface area is 139 Å². The third-order valence-corrected chi connectivity index (χ3v) is 4.53. The molecule has 20 heavy (non-hydrogen) atoms. The van der Waals surface area contributed by atoms with Crippen molar-refractivity contribution < 1.29 is 0 Å². The fourth-order valence-corrected chi connectivity index (χ4v) is 3.12. The molecular weight excluding hydrogens is 381 g/mol. The molecule has 2 rings (SSSR count). The maximum Gasteiger partial charge on any atom is 0.0486 e. The van der Waals surface area contributed by atoms with Crippen molar-refractivity contribution in [3.8, 4) is 0 Å². The molecule has 0 heterocycles. The van der Waals surface area contributed by atoms with Crippen molar-refractivity contribution in [1.29, 1.82) is 0 Å². The van der Waals surface area contributed by atoms with E-state index in [1.165, 1.54) is 11.1 Å². The van der Waals surface area contributed by atoms with E-state index in [-0.39, 0.29) is 6.04 Å². The van der Waals surface area contributed by atoms with Crippen LogP contribution < -0.4 is 5.32 Å². The number of anilines is 1. The van der Waals surface area contributed by atoms with Gasteiger partial charge in [-0.1, -0.05) is 49.7 Å².